The summed E-state index contributed by atoms with van der Waals surface area (Å²) in [7, 11) is 1.97. The van der Waals surface area contributed by atoms with E-state index >= 15 is 0 Å². The summed E-state index contributed by atoms with van der Waals surface area (Å²) in [5.41, 5.74) is 1.40. The van der Waals surface area contributed by atoms with Gasteiger partial charge in [0.25, 0.3) is 0 Å². The van der Waals surface area contributed by atoms with Crippen LogP contribution >= 0.6 is 11.8 Å². The van der Waals surface area contributed by atoms with E-state index in [2.05, 4.69) is 21.3 Å². The molecule has 0 bridgehead atoms. The molecule has 4 nitrogen and oxygen atoms in total. The lowest BCUT2D eigenvalue weighted by Crippen LogP contribution is -2.40. The minimum absolute atomic E-state index is 0.142. The van der Waals surface area contributed by atoms with Gasteiger partial charge in [-0.05, 0) is 32.1 Å². The van der Waals surface area contributed by atoms with Gasteiger partial charge in [0.2, 0.25) is 0 Å². The first-order valence-corrected chi connectivity index (χ1v) is 7.86. The van der Waals surface area contributed by atoms with Gasteiger partial charge in [-0.25, -0.2) is 0 Å². The highest BCUT2D eigenvalue weighted by atomic mass is 32.2. The fraction of sp³-hybridized carbons (Fsp3) is 0.769. The second kappa shape index (κ2) is 5.23. The third-order valence-electron chi connectivity index (χ3n) is 3.94. The molecule has 100 valence electrons. The number of rotatable bonds is 3. The zero-order chi connectivity index (χ0) is 12.4. The molecule has 1 aromatic heterocycles. The van der Waals surface area contributed by atoms with E-state index in [0.717, 1.165) is 31.7 Å². The molecular formula is C13H21N3OS. The van der Waals surface area contributed by atoms with Gasteiger partial charge in [-0.15, -0.1) is 0 Å². The van der Waals surface area contributed by atoms with E-state index in [9.17, 15) is 0 Å². The molecule has 0 aliphatic carbocycles. The van der Waals surface area contributed by atoms with Crippen LogP contribution < -0.4 is 5.32 Å². The maximum absolute atomic E-state index is 6.06. The summed E-state index contributed by atoms with van der Waals surface area (Å²) in [4.78, 5) is 0. The second-order valence-electron chi connectivity index (χ2n) is 5.34. The summed E-state index contributed by atoms with van der Waals surface area (Å²) in [5.74, 6) is 2.41. The van der Waals surface area contributed by atoms with Crippen molar-refractivity contribution in [1.82, 2.24) is 15.1 Å². The largest absolute Gasteiger partial charge is 0.374 e. The Bertz CT molecular complexity index is 401. The third kappa shape index (κ3) is 2.44. The summed E-state index contributed by atoms with van der Waals surface area (Å²) in [6.07, 6.45) is 7.58. The van der Waals surface area contributed by atoms with Gasteiger partial charge in [-0.2, -0.15) is 16.9 Å². The average Bonchev–Trinajstić information content (AvgIpc) is 3.00. The van der Waals surface area contributed by atoms with Crippen molar-refractivity contribution in [1.29, 1.82) is 0 Å². The van der Waals surface area contributed by atoms with Crippen LogP contribution in [0.15, 0.2) is 12.4 Å². The Morgan fingerprint density at radius 2 is 2.61 bits per heavy atom. The Hall–Kier alpha value is -0.520. The summed E-state index contributed by atoms with van der Waals surface area (Å²) >= 11 is 2.03. The molecule has 0 saturated carbocycles. The molecule has 0 radical (unpaired) electrons. The number of hydrogen-bond donors (Lipinski definition) is 1. The monoisotopic (exact) mass is 267 g/mol. The lowest BCUT2D eigenvalue weighted by Gasteiger charge is -2.37. The lowest BCUT2D eigenvalue weighted by molar-refractivity contribution is -0.0778. The van der Waals surface area contributed by atoms with Crippen LogP contribution in [0.5, 0.6) is 0 Å². The number of aromatic nitrogens is 2. The quantitative estimate of drug-likeness (QED) is 0.907. The highest BCUT2D eigenvalue weighted by molar-refractivity contribution is 7.99. The van der Waals surface area contributed by atoms with Crippen LogP contribution in [-0.4, -0.2) is 40.5 Å². The van der Waals surface area contributed by atoms with E-state index in [1.165, 1.54) is 17.7 Å². The molecule has 18 heavy (non-hydrogen) atoms. The van der Waals surface area contributed by atoms with Crippen molar-refractivity contribution in [2.75, 3.05) is 25.2 Å². The van der Waals surface area contributed by atoms with Gasteiger partial charge in [0.05, 0.1) is 17.8 Å². The zero-order valence-corrected chi connectivity index (χ0v) is 11.7. The summed E-state index contributed by atoms with van der Waals surface area (Å²) in [6.45, 7) is 1.77. The van der Waals surface area contributed by atoms with Crippen molar-refractivity contribution in [3.8, 4) is 0 Å². The van der Waals surface area contributed by atoms with Crippen molar-refractivity contribution in [2.24, 2.45) is 0 Å². The van der Waals surface area contributed by atoms with Crippen molar-refractivity contribution in [2.45, 2.75) is 37.5 Å². The first kappa shape index (κ1) is 12.5. The van der Waals surface area contributed by atoms with Crippen molar-refractivity contribution in [3.63, 3.8) is 0 Å². The van der Waals surface area contributed by atoms with E-state index in [4.69, 9.17) is 4.74 Å². The molecule has 2 unspecified atom stereocenters. The van der Waals surface area contributed by atoms with Gasteiger partial charge in [0.15, 0.2) is 0 Å². The van der Waals surface area contributed by atoms with Crippen LogP contribution in [0.2, 0.25) is 0 Å². The molecule has 0 aromatic carbocycles. The SMILES string of the molecule is CNCc1cnn(C2CCOC3(CCSC3)C2)c1. The average molecular weight is 267 g/mol. The van der Waals surface area contributed by atoms with Crippen LogP contribution in [0, 0.1) is 0 Å². The highest BCUT2D eigenvalue weighted by Gasteiger charge is 2.41. The second-order valence-corrected chi connectivity index (χ2v) is 6.44. The van der Waals surface area contributed by atoms with E-state index in [0.29, 0.717) is 6.04 Å². The number of nitrogens with one attached hydrogen (secondary N) is 1. The molecular weight excluding hydrogens is 246 g/mol. The van der Waals surface area contributed by atoms with Gasteiger partial charge >= 0.3 is 0 Å². The molecule has 3 rings (SSSR count). The van der Waals surface area contributed by atoms with Gasteiger partial charge < -0.3 is 10.1 Å². The Balaban J connectivity index is 1.71. The first-order valence-electron chi connectivity index (χ1n) is 6.71. The Morgan fingerprint density at radius 1 is 1.67 bits per heavy atom. The molecule has 1 spiro atoms. The minimum atomic E-state index is 0.142. The molecule has 2 fully saturated rings. The van der Waals surface area contributed by atoms with Crippen molar-refractivity contribution >= 4 is 11.8 Å². The van der Waals surface area contributed by atoms with Gasteiger partial charge in [0.1, 0.15) is 0 Å². The molecule has 2 saturated heterocycles. The topological polar surface area (TPSA) is 39.1 Å². The summed E-state index contributed by atoms with van der Waals surface area (Å²) in [6, 6.07) is 0.517. The fourth-order valence-corrected chi connectivity index (χ4v) is 4.34. The van der Waals surface area contributed by atoms with E-state index in [1.807, 2.05) is 25.0 Å². The number of thioether (sulfide) groups is 1. The number of nitrogens with zero attached hydrogens (tertiary/aromatic N) is 2. The highest BCUT2D eigenvalue weighted by Crippen LogP contribution is 2.41. The Morgan fingerprint density at radius 3 is 3.39 bits per heavy atom. The molecule has 2 aliphatic rings. The summed E-state index contributed by atoms with van der Waals surface area (Å²) in [5, 5.41) is 7.69. The molecule has 3 heterocycles. The van der Waals surface area contributed by atoms with Crippen LogP contribution in [-0.2, 0) is 11.3 Å². The smallest absolute Gasteiger partial charge is 0.0800 e. The van der Waals surface area contributed by atoms with Gasteiger partial charge in [-0.3, -0.25) is 4.68 Å². The maximum atomic E-state index is 6.06. The molecule has 2 aliphatic heterocycles. The molecule has 0 amide bonds. The van der Waals surface area contributed by atoms with Gasteiger partial charge in [-0.1, -0.05) is 0 Å². The Kier molecular flexibility index (Phi) is 3.63. The maximum Gasteiger partial charge on any atom is 0.0800 e. The molecule has 1 N–H and O–H groups in total. The van der Waals surface area contributed by atoms with E-state index in [-0.39, 0.29) is 5.60 Å². The van der Waals surface area contributed by atoms with Gasteiger partial charge in [0, 0.05) is 30.7 Å². The van der Waals surface area contributed by atoms with Crippen molar-refractivity contribution in [3.05, 3.63) is 18.0 Å². The predicted octanol–water partition coefficient (Wildman–Crippen LogP) is 1.83. The normalized spacial score (nSPS) is 32.2. The molecule has 2 atom stereocenters. The fourth-order valence-electron chi connectivity index (χ4n) is 2.96. The minimum Gasteiger partial charge on any atom is -0.374 e. The van der Waals surface area contributed by atoms with E-state index < -0.39 is 0 Å². The molecule has 5 heteroatoms. The predicted molar refractivity (Wildman–Crippen MR) is 73.9 cm³/mol. The van der Waals surface area contributed by atoms with Crippen LogP contribution in [0.4, 0.5) is 0 Å². The lowest BCUT2D eigenvalue weighted by atomic mass is 9.90. The van der Waals surface area contributed by atoms with Crippen molar-refractivity contribution < 1.29 is 4.74 Å². The van der Waals surface area contributed by atoms with E-state index in [1.54, 1.807) is 0 Å². The van der Waals surface area contributed by atoms with Crippen LogP contribution in [0.1, 0.15) is 30.9 Å². The number of hydrogen-bond acceptors (Lipinski definition) is 4. The first-order chi connectivity index (χ1) is 8.81. The third-order valence-corrected chi connectivity index (χ3v) is 5.17. The van der Waals surface area contributed by atoms with Crippen LogP contribution in [0.25, 0.3) is 0 Å². The zero-order valence-electron chi connectivity index (χ0n) is 10.9. The standard InChI is InChI=1S/C13H21N3OS/c1-14-7-11-8-15-16(9-11)12-2-4-17-13(6-12)3-5-18-10-13/h8-9,12,14H,2-7,10H2,1H3. The Labute approximate surface area is 112 Å². The summed E-state index contributed by atoms with van der Waals surface area (Å²) < 4.78 is 8.21. The van der Waals surface area contributed by atoms with Crippen LogP contribution in [0.3, 0.4) is 0 Å². The molecule has 1 aromatic rings. The number of ether oxygens (including phenoxy) is 1.